The largest absolute Gasteiger partial charge is 0.444 e. The van der Waals surface area contributed by atoms with Gasteiger partial charge in [0.05, 0.1) is 6.26 Å². The second-order valence-electron chi connectivity index (χ2n) is 11.6. The lowest BCUT2D eigenvalue weighted by molar-refractivity contribution is 0.0170. The number of nitrogens with zero attached hydrogens (tertiary/aromatic N) is 2. The van der Waals surface area contributed by atoms with Gasteiger partial charge in [0.25, 0.3) is 5.91 Å². The number of benzene rings is 2. The second-order valence-corrected chi connectivity index (χ2v) is 13.3. The molecule has 2 aliphatic rings. The molecule has 1 heterocycles. The van der Waals surface area contributed by atoms with Crippen LogP contribution in [0, 0.1) is 5.92 Å². The van der Waals surface area contributed by atoms with Crippen molar-refractivity contribution in [1.29, 1.82) is 0 Å². The van der Waals surface area contributed by atoms with E-state index in [0.717, 1.165) is 50.7 Å². The van der Waals surface area contributed by atoms with Crippen molar-refractivity contribution < 1.29 is 22.7 Å². The molecule has 2 atom stereocenters. The Labute approximate surface area is 226 Å². The van der Waals surface area contributed by atoms with Crippen molar-refractivity contribution in [2.75, 3.05) is 25.9 Å². The van der Waals surface area contributed by atoms with E-state index in [9.17, 15) is 18.0 Å². The van der Waals surface area contributed by atoms with Gasteiger partial charge in [-0.05, 0) is 82.3 Å². The standard InChI is InChI=1S/C29H39N3O5S/c1-29(2,3)37-28(34)32(26-18-25(26)23-8-6-5-7-9-23)20-22-14-16-31(17-15-22)19-21-10-12-24(13-11-21)27(33)30-38(4,35)36/h5-13,22,25-26H,14-20H2,1-4H3,(H,30,33)/t25-,26+/m0/s1. The van der Waals surface area contributed by atoms with E-state index >= 15 is 0 Å². The van der Waals surface area contributed by atoms with Gasteiger partial charge in [0.2, 0.25) is 10.0 Å². The van der Waals surface area contributed by atoms with Crippen molar-refractivity contribution in [3.05, 3.63) is 71.3 Å². The van der Waals surface area contributed by atoms with Gasteiger partial charge in [-0.15, -0.1) is 0 Å². The number of amides is 2. The van der Waals surface area contributed by atoms with Gasteiger partial charge in [-0.3, -0.25) is 9.69 Å². The highest BCUT2D eigenvalue weighted by Gasteiger charge is 2.46. The Morgan fingerprint density at radius 2 is 1.66 bits per heavy atom. The van der Waals surface area contributed by atoms with E-state index in [4.69, 9.17) is 4.74 Å². The number of nitrogens with one attached hydrogen (secondary N) is 1. The van der Waals surface area contributed by atoms with Crippen LogP contribution < -0.4 is 4.72 Å². The number of hydrogen-bond acceptors (Lipinski definition) is 6. The van der Waals surface area contributed by atoms with Crippen LogP contribution in [0.4, 0.5) is 4.79 Å². The molecule has 2 aromatic carbocycles. The normalized spacial score (nSPS) is 20.5. The third-order valence-electron chi connectivity index (χ3n) is 7.08. The van der Waals surface area contributed by atoms with E-state index in [1.54, 1.807) is 12.1 Å². The lowest BCUT2D eigenvalue weighted by Gasteiger charge is -2.36. The molecule has 38 heavy (non-hydrogen) atoms. The number of sulfonamides is 1. The molecule has 1 N–H and O–H groups in total. The highest BCUT2D eigenvalue weighted by Crippen LogP contribution is 2.45. The zero-order valence-electron chi connectivity index (χ0n) is 22.7. The predicted molar refractivity (Wildman–Crippen MR) is 147 cm³/mol. The van der Waals surface area contributed by atoms with Crippen LogP contribution in [0.1, 0.15) is 67.4 Å². The maximum Gasteiger partial charge on any atom is 0.410 e. The number of piperidine rings is 1. The lowest BCUT2D eigenvalue weighted by atomic mass is 9.95. The Hall–Kier alpha value is -2.91. The fourth-order valence-electron chi connectivity index (χ4n) is 5.10. The molecule has 0 spiro atoms. The molecular formula is C29H39N3O5S. The minimum absolute atomic E-state index is 0.184. The minimum atomic E-state index is -3.59. The Kier molecular flexibility index (Phi) is 8.47. The van der Waals surface area contributed by atoms with Crippen LogP contribution >= 0.6 is 0 Å². The van der Waals surface area contributed by atoms with E-state index in [2.05, 4.69) is 29.2 Å². The smallest absolute Gasteiger partial charge is 0.410 e. The Morgan fingerprint density at radius 1 is 1.03 bits per heavy atom. The molecule has 8 nitrogen and oxygen atoms in total. The van der Waals surface area contributed by atoms with Crippen LogP contribution in [-0.2, 0) is 21.3 Å². The molecule has 206 valence electrons. The first-order chi connectivity index (χ1) is 17.9. The van der Waals surface area contributed by atoms with Crippen LogP contribution in [0.5, 0.6) is 0 Å². The van der Waals surface area contributed by atoms with Crippen molar-refractivity contribution >= 4 is 22.0 Å². The average Bonchev–Trinajstić information content (AvgIpc) is 3.63. The third kappa shape index (κ3) is 8.04. The molecule has 1 saturated heterocycles. The van der Waals surface area contributed by atoms with Crippen molar-refractivity contribution in [3.8, 4) is 0 Å². The number of carbonyl (C=O) groups is 2. The number of hydrogen-bond donors (Lipinski definition) is 1. The second kappa shape index (κ2) is 11.5. The van der Waals surface area contributed by atoms with Crippen LogP contribution in [0.15, 0.2) is 54.6 Å². The Morgan fingerprint density at radius 3 is 2.24 bits per heavy atom. The van der Waals surface area contributed by atoms with Crippen LogP contribution in [-0.4, -0.2) is 67.8 Å². The first-order valence-corrected chi connectivity index (χ1v) is 15.1. The van der Waals surface area contributed by atoms with Crippen LogP contribution in [0.3, 0.4) is 0 Å². The van der Waals surface area contributed by atoms with Crippen LogP contribution in [0.25, 0.3) is 0 Å². The molecule has 1 aliphatic heterocycles. The van der Waals surface area contributed by atoms with E-state index in [1.165, 1.54) is 5.56 Å². The van der Waals surface area contributed by atoms with Crippen molar-refractivity contribution in [2.45, 2.75) is 64.1 Å². The van der Waals surface area contributed by atoms with Crippen LogP contribution in [0.2, 0.25) is 0 Å². The van der Waals surface area contributed by atoms with Crippen molar-refractivity contribution in [3.63, 3.8) is 0 Å². The van der Waals surface area contributed by atoms with Gasteiger partial charge in [0, 0.05) is 30.6 Å². The summed E-state index contributed by atoms with van der Waals surface area (Å²) in [7, 11) is -3.59. The summed E-state index contributed by atoms with van der Waals surface area (Å²) < 4.78 is 30.4. The molecule has 2 fully saturated rings. The lowest BCUT2D eigenvalue weighted by Crippen LogP contribution is -2.44. The van der Waals surface area contributed by atoms with Gasteiger partial charge in [0.15, 0.2) is 0 Å². The number of likely N-dealkylation sites (tertiary alicyclic amines) is 1. The quantitative estimate of drug-likeness (QED) is 0.533. The maximum atomic E-state index is 13.2. The zero-order chi connectivity index (χ0) is 27.5. The number of ether oxygens (including phenoxy) is 1. The first-order valence-electron chi connectivity index (χ1n) is 13.3. The SMILES string of the molecule is CC(C)(C)OC(=O)N(CC1CCN(Cc2ccc(C(=O)NS(C)(=O)=O)cc2)CC1)[C@@H]1C[C@H]1c1ccccc1. The highest BCUT2D eigenvalue weighted by molar-refractivity contribution is 7.89. The average molecular weight is 542 g/mol. The molecule has 1 aliphatic carbocycles. The third-order valence-corrected chi connectivity index (χ3v) is 7.63. The van der Waals surface area contributed by atoms with Gasteiger partial charge in [-0.1, -0.05) is 42.5 Å². The molecule has 2 aromatic rings. The molecule has 9 heteroatoms. The van der Waals surface area contributed by atoms with Crippen molar-refractivity contribution in [2.24, 2.45) is 5.92 Å². The summed E-state index contributed by atoms with van der Waals surface area (Å²) >= 11 is 0. The van der Waals surface area contributed by atoms with Gasteiger partial charge in [0.1, 0.15) is 5.60 Å². The number of carbonyl (C=O) groups excluding carboxylic acids is 2. The fourth-order valence-corrected chi connectivity index (χ4v) is 5.56. The van der Waals surface area contributed by atoms with Gasteiger partial charge < -0.3 is 9.64 Å². The highest BCUT2D eigenvalue weighted by atomic mass is 32.2. The summed E-state index contributed by atoms with van der Waals surface area (Å²) in [4.78, 5) is 29.6. The van der Waals surface area contributed by atoms with E-state index in [1.807, 2.05) is 48.6 Å². The summed E-state index contributed by atoms with van der Waals surface area (Å²) in [5, 5.41) is 0. The topological polar surface area (TPSA) is 96.0 Å². The Balaban J connectivity index is 1.31. The molecule has 0 bridgehead atoms. The summed E-state index contributed by atoms with van der Waals surface area (Å²) in [5.41, 5.74) is 2.13. The van der Waals surface area contributed by atoms with E-state index < -0.39 is 21.5 Å². The summed E-state index contributed by atoms with van der Waals surface area (Å²) in [6.45, 7) is 9.05. The molecular weight excluding hydrogens is 502 g/mol. The molecule has 0 radical (unpaired) electrons. The predicted octanol–water partition coefficient (Wildman–Crippen LogP) is 4.38. The number of rotatable bonds is 8. The fraction of sp³-hybridized carbons (Fsp3) is 0.517. The maximum absolute atomic E-state index is 13.2. The summed E-state index contributed by atoms with van der Waals surface area (Å²) in [5.74, 6) is 0.156. The van der Waals surface area contributed by atoms with E-state index in [-0.39, 0.29) is 12.1 Å². The molecule has 1 saturated carbocycles. The summed E-state index contributed by atoms with van der Waals surface area (Å²) in [6, 6.07) is 17.6. The molecule has 4 rings (SSSR count). The minimum Gasteiger partial charge on any atom is -0.444 e. The van der Waals surface area contributed by atoms with Crippen molar-refractivity contribution in [1.82, 2.24) is 14.5 Å². The molecule has 0 aromatic heterocycles. The van der Waals surface area contributed by atoms with Gasteiger partial charge in [-0.2, -0.15) is 0 Å². The summed E-state index contributed by atoms with van der Waals surface area (Å²) in [6.07, 6.45) is 3.71. The molecule has 0 unspecified atom stereocenters. The first kappa shape index (κ1) is 28.1. The van der Waals surface area contributed by atoms with Gasteiger partial charge in [-0.25, -0.2) is 17.9 Å². The van der Waals surface area contributed by atoms with E-state index in [0.29, 0.717) is 23.9 Å². The monoisotopic (exact) mass is 541 g/mol. The molecule has 2 amide bonds. The Bertz CT molecular complexity index is 1220. The zero-order valence-corrected chi connectivity index (χ0v) is 23.5. The van der Waals surface area contributed by atoms with Gasteiger partial charge >= 0.3 is 6.09 Å².